The monoisotopic (exact) mass is 249 g/mol. The molecule has 1 aromatic rings. The highest BCUT2D eigenvalue weighted by atomic mass is 32.1. The summed E-state index contributed by atoms with van der Waals surface area (Å²) in [6.45, 7) is 6.56. The minimum Gasteiger partial charge on any atom is -0.326 e. The van der Waals surface area contributed by atoms with Crippen LogP contribution >= 0.6 is 11.3 Å². The van der Waals surface area contributed by atoms with Crippen LogP contribution in [0.2, 0.25) is 0 Å². The molecule has 0 saturated heterocycles. The highest BCUT2D eigenvalue weighted by Gasteiger charge is 2.14. The fraction of sp³-hybridized carbons (Fsp3) is 0.357. The molecule has 0 aromatic carbocycles. The van der Waals surface area contributed by atoms with E-state index in [1.54, 1.807) is 17.4 Å². The van der Waals surface area contributed by atoms with Crippen molar-refractivity contribution in [3.63, 3.8) is 0 Å². The van der Waals surface area contributed by atoms with Crippen LogP contribution in [-0.4, -0.2) is 5.78 Å². The van der Waals surface area contributed by atoms with Crippen LogP contribution in [-0.2, 0) is 11.3 Å². The van der Waals surface area contributed by atoms with Crippen molar-refractivity contribution in [3.8, 4) is 0 Å². The first kappa shape index (κ1) is 13.9. The SMILES string of the molecule is CC.CC1=C(c2sccc2CN)C=CC(=O)C1. The molecule has 3 heteroatoms. The Morgan fingerprint density at radius 1 is 1.35 bits per heavy atom. The number of nitrogens with two attached hydrogens (primary N) is 1. The second-order valence-corrected chi connectivity index (χ2v) is 4.57. The van der Waals surface area contributed by atoms with Crippen molar-refractivity contribution in [3.05, 3.63) is 39.6 Å². The molecule has 0 radical (unpaired) electrons. The summed E-state index contributed by atoms with van der Waals surface area (Å²) >= 11 is 1.69. The van der Waals surface area contributed by atoms with Gasteiger partial charge in [-0.25, -0.2) is 0 Å². The molecule has 0 spiro atoms. The standard InChI is InChI=1S/C12H13NOS.C2H6/c1-8-6-10(14)2-3-11(8)12-9(7-13)4-5-15-12;1-2/h2-5H,6-7,13H2,1H3;1-2H3. The molecule has 0 fully saturated rings. The summed E-state index contributed by atoms with van der Waals surface area (Å²) in [4.78, 5) is 12.4. The fourth-order valence-electron chi connectivity index (χ4n) is 1.74. The Bertz CT molecular complexity index is 455. The van der Waals surface area contributed by atoms with E-state index >= 15 is 0 Å². The molecule has 0 saturated carbocycles. The van der Waals surface area contributed by atoms with Gasteiger partial charge in [0.15, 0.2) is 5.78 Å². The third kappa shape index (κ3) is 3.14. The summed E-state index contributed by atoms with van der Waals surface area (Å²) in [5.74, 6) is 0.183. The first-order chi connectivity index (χ1) is 8.22. The van der Waals surface area contributed by atoms with Gasteiger partial charge in [0.05, 0.1) is 0 Å². The van der Waals surface area contributed by atoms with Crippen LogP contribution in [0.25, 0.3) is 5.57 Å². The van der Waals surface area contributed by atoms with Gasteiger partial charge in [-0.2, -0.15) is 0 Å². The summed E-state index contributed by atoms with van der Waals surface area (Å²) < 4.78 is 0. The van der Waals surface area contributed by atoms with Crippen molar-refractivity contribution in [1.82, 2.24) is 0 Å². The van der Waals surface area contributed by atoms with Crippen LogP contribution < -0.4 is 5.73 Å². The zero-order valence-electron chi connectivity index (χ0n) is 10.6. The Hall–Kier alpha value is -1.19. The molecule has 17 heavy (non-hydrogen) atoms. The zero-order valence-corrected chi connectivity index (χ0v) is 11.4. The normalized spacial score (nSPS) is 14.7. The lowest BCUT2D eigenvalue weighted by Crippen LogP contribution is -2.03. The maximum atomic E-state index is 11.2. The topological polar surface area (TPSA) is 43.1 Å². The minimum atomic E-state index is 0.183. The van der Waals surface area contributed by atoms with Crippen molar-refractivity contribution in [2.24, 2.45) is 5.73 Å². The van der Waals surface area contributed by atoms with E-state index in [1.807, 2.05) is 38.3 Å². The molecule has 2 N–H and O–H groups in total. The number of ketones is 1. The third-order valence-corrected chi connectivity index (χ3v) is 3.54. The second kappa shape index (κ2) is 6.52. The minimum absolute atomic E-state index is 0.183. The van der Waals surface area contributed by atoms with Gasteiger partial charge in [-0.15, -0.1) is 11.3 Å². The van der Waals surface area contributed by atoms with Crippen molar-refractivity contribution in [1.29, 1.82) is 0 Å². The first-order valence-electron chi connectivity index (χ1n) is 5.90. The predicted octanol–water partition coefficient (Wildman–Crippen LogP) is 3.54. The number of hydrogen-bond donors (Lipinski definition) is 1. The number of carbonyl (C=O) groups is 1. The van der Waals surface area contributed by atoms with E-state index < -0.39 is 0 Å². The maximum Gasteiger partial charge on any atom is 0.159 e. The number of hydrogen-bond acceptors (Lipinski definition) is 3. The van der Waals surface area contributed by atoms with Crippen LogP contribution in [0.5, 0.6) is 0 Å². The molecule has 0 unspecified atom stereocenters. The Balaban J connectivity index is 0.000000686. The van der Waals surface area contributed by atoms with E-state index in [4.69, 9.17) is 5.73 Å². The predicted molar refractivity (Wildman–Crippen MR) is 74.9 cm³/mol. The Morgan fingerprint density at radius 3 is 2.65 bits per heavy atom. The Kier molecular flexibility index (Phi) is 5.32. The molecule has 2 rings (SSSR count). The van der Waals surface area contributed by atoms with Crippen LogP contribution in [0.4, 0.5) is 0 Å². The van der Waals surface area contributed by atoms with Crippen molar-refractivity contribution < 1.29 is 4.79 Å². The number of thiophene rings is 1. The van der Waals surface area contributed by atoms with Gasteiger partial charge in [0, 0.05) is 17.8 Å². The molecule has 0 bridgehead atoms. The van der Waals surface area contributed by atoms with Gasteiger partial charge < -0.3 is 5.73 Å². The van der Waals surface area contributed by atoms with E-state index in [-0.39, 0.29) is 5.78 Å². The molecule has 1 heterocycles. The fourth-order valence-corrected chi connectivity index (χ4v) is 2.78. The van der Waals surface area contributed by atoms with E-state index in [0.717, 1.165) is 11.1 Å². The van der Waals surface area contributed by atoms with Crippen LogP contribution in [0.15, 0.2) is 29.2 Å². The Labute approximate surface area is 107 Å². The van der Waals surface area contributed by atoms with Gasteiger partial charge in [0.25, 0.3) is 0 Å². The van der Waals surface area contributed by atoms with Gasteiger partial charge in [0.1, 0.15) is 0 Å². The first-order valence-corrected chi connectivity index (χ1v) is 6.78. The van der Waals surface area contributed by atoms with Gasteiger partial charge in [-0.3, -0.25) is 4.79 Å². The van der Waals surface area contributed by atoms with Crippen molar-refractivity contribution in [2.45, 2.75) is 33.7 Å². The van der Waals surface area contributed by atoms with E-state index in [0.29, 0.717) is 13.0 Å². The second-order valence-electron chi connectivity index (χ2n) is 3.65. The molecule has 1 aliphatic carbocycles. The van der Waals surface area contributed by atoms with Gasteiger partial charge >= 0.3 is 0 Å². The van der Waals surface area contributed by atoms with Gasteiger partial charge in [0.2, 0.25) is 0 Å². The quantitative estimate of drug-likeness (QED) is 0.871. The third-order valence-electron chi connectivity index (χ3n) is 2.55. The zero-order chi connectivity index (χ0) is 12.8. The molecular formula is C14H19NOS. The summed E-state index contributed by atoms with van der Waals surface area (Å²) in [6, 6.07) is 2.05. The Morgan fingerprint density at radius 2 is 2.06 bits per heavy atom. The smallest absolute Gasteiger partial charge is 0.159 e. The summed E-state index contributed by atoms with van der Waals surface area (Å²) in [6.07, 6.45) is 4.10. The summed E-state index contributed by atoms with van der Waals surface area (Å²) in [5.41, 5.74) is 9.14. The molecule has 0 aliphatic heterocycles. The highest BCUT2D eigenvalue weighted by molar-refractivity contribution is 7.11. The molecule has 1 aromatic heterocycles. The van der Waals surface area contributed by atoms with Crippen LogP contribution in [0, 0.1) is 0 Å². The molecule has 2 nitrogen and oxygen atoms in total. The summed E-state index contributed by atoms with van der Waals surface area (Å²) in [7, 11) is 0. The van der Waals surface area contributed by atoms with Crippen molar-refractivity contribution >= 4 is 22.7 Å². The largest absolute Gasteiger partial charge is 0.326 e. The average molecular weight is 249 g/mol. The average Bonchev–Trinajstić information content (AvgIpc) is 2.79. The lowest BCUT2D eigenvalue weighted by Gasteiger charge is -2.11. The molecular weight excluding hydrogens is 230 g/mol. The van der Waals surface area contributed by atoms with Crippen LogP contribution in [0.1, 0.15) is 37.6 Å². The molecule has 92 valence electrons. The number of allylic oxidation sites excluding steroid dienone is 4. The van der Waals surface area contributed by atoms with E-state index in [1.165, 1.54) is 10.5 Å². The summed E-state index contributed by atoms with van der Waals surface area (Å²) in [5, 5.41) is 2.04. The lowest BCUT2D eigenvalue weighted by molar-refractivity contribution is -0.114. The van der Waals surface area contributed by atoms with Gasteiger partial charge in [-0.05, 0) is 35.6 Å². The van der Waals surface area contributed by atoms with Gasteiger partial charge in [-0.1, -0.05) is 25.5 Å². The van der Waals surface area contributed by atoms with Crippen molar-refractivity contribution in [2.75, 3.05) is 0 Å². The molecule has 1 aliphatic rings. The van der Waals surface area contributed by atoms with E-state index in [9.17, 15) is 4.79 Å². The lowest BCUT2D eigenvalue weighted by atomic mass is 9.95. The van der Waals surface area contributed by atoms with Crippen LogP contribution in [0.3, 0.4) is 0 Å². The van der Waals surface area contributed by atoms with E-state index in [2.05, 4.69) is 0 Å². The molecule has 0 atom stereocenters. The maximum absolute atomic E-state index is 11.2. The highest BCUT2D eigenvalue weighted by Crippen LogP contribution is 2.32. The molecule has 0 amide bonds. The number of carbonyl (C=O) groups excluding carboxylic acids is 1. The number of rotatable bonds is 2.